The minimum Gasteiger partial charge on any atom is -0.493 e. The monoisotopic (exact) mass is 429 g/mol. The van der Waals surface area contributed by atoms with E-state index in [1.165, 1.54) is 6.92 Å². The van der Waals surface area contributed by atoms with E-state index < -0.39 is 17.9 Å². The van der Waals surface area contributed by atoms with E-state index in [1.54, 1.807) is 31.4 Å². The molecular weight excluding hydrogens is 410 g/mol. The van der Waals surface area contributed by atoms with Gasteiger partial charge in [-0.1, -0.05) is 60.4 Å². The molecule has 1 unspecified atom stereocenters. The first-order chi connectivity index (χ1) is 13.9. The van der Waals surface area contributed by atoms with Crippen molar-refractivity contribution >= 4 is 46.3 Å². The number of nitrogens with zero attached hydrogens (tertiary/aromatic N) is 1. The highest BCUT2D eigenvalue weighted by molar-refractivity contribution is 8.26. The van der Waals surface area contributed by atoms with Crippen molar-refractivity contribution in [2.75, 3.05) is 7.11 Å². The number of carboxylic acid groups (broad SMARTS) is 1. The van der Waals surface area contributed by atoms with Crippen molar-refractivity contribution in [1.29, 1.82) is 0 Å². The largest absolute Gasteiger partial charge is 0.493 e. The van der Waals surface area contributed by atoms with Crippen molar-refractivity contribution in [3.63, 3.8) is 0 Å². The quantitative estimate of drug-likeness (QED) is 0.528. The van der Waals surface area contributed by atoms with Crippen LogP contribution in [0.1, 0.15) is 18.1 Å². The van der Waals surface area contributed by atoms with Crippen molar-refractivity contribution in [2.24, 2.45) is 0 Å². The van der Waals surface area contributed by atoms with Crippen LogP contribution in [0.25, 0.3) is 6.08 Å². The third-order valence-electron chi connectivity index (χ3n) is 4.29. The molecule has 0 aromatic heterocycles. The zero-order valence-corrected chi connectivity index (χ0v) is 17.5. The van der Waals surface area contributed by atoms with Gasteiger partial charge in [0.15, 0.2) is 11.5 Å². The van der Waals surface area contributed by atoms with Gasteiger partial charge in [-0.05, 0) is 36.3 Å². The summed E-state index contributed by atoms with van der Waals surface area (Å²) >= 11 is 6.26. The normalized spacial score (nSPS) is 16.2. The van der Waals surface area contributed by atoms with E-state index in [2.05, 4.69) is 0 Å². The third kappa shape index (κ3) is 4.78. The van der Waals surface area contributed by atoms with Crippen molar-refractivity contribution in [3.8, 4) is 11.5 Å². The number of methoxy groups -OCH3 is 1. The molecule has 8 heteroatoms. The van der Waals surface area contributed by atoms with Crippen LogP contribution in [0.4, 0.5) is 0 Å². The molecule has 150 valence electrons. The van der Waals surface area contributed by atoms with Crippen LogP contribution in [0.3, 0.4) is 0 Å². The summed E-state index contributed by atoms with van der Waals surface area (Å²) in [6.07, 6.45) is 1.66. The van der Waals surface area contributed by atoms with E-state index in [1.807, 2.05) is 30.3 Å². The highest BCUT2D eigenvalue weighted by Crippen LogP contribution is 2.36. The van der Waals surface area contributed by atoms with Gasteiger partial charge in [-0.3, -0.25) is 9.69 Å². The summed E-state index contributed by atoms with van der Waals surface area (Å²) in [7, 11) is 1.54. The van der Waals surface area contributed by atoms with E-state index in [-0.39, 0.29) is 4.32 Å². The number of aliphatic carboxylic acids is 1. The van der Waals surface area contributed by atoms with Gasteiger partial charge < -0.3 is 14.6 Å². The maximum absolute atomic E-state index is 12.6. The van der Waals surface area contributed by atoms with Crippen LogP contribution in [-0.2, 0) is 16.2 Å². The highest BCUT2D eigenvalue weighted by atomic mass is 32.2. The van der Waals surface area contributed by atoms with Gasteiger partial charge in [-0.2, -0.15) is 0 Å². The predicted octanol–water partition coefficient (Wildman–Crippen LogP) is 3.95. The lowest BCUT2D eigenvalue weighted by Gasteiger charge is -2.18. The Morgan fingerprint density at radius 2 is 1.97 bits per heavy atom. The molecule has 1 N–H and O–H groups in total. The number of amides is 1. The Bertz CT molecular complexity index is 974. The van der Waals surface area contributed by atoms with Crippen molar-refractivity contribution in [2.45, 2.75) is 19.6 Å². The lowest BCUT2D eigenvalue weighted by Crippen LogP contribution is -2.41. The number of rotatable bonds is 7. The predicted molar refractivity (Wildman–Crippen MR) is 116 cm³/mol. The fourth-order valence-electron chi connectivity index (χ4n) is 2.70. The van der Waals surface area contributed by atoms with Crippen LogP contribution in [0.2, 0.25) is 0 Å². The Balaban J connectivity index is 1.78. The Morgan fingerprint density at radius 1 is 1.24 bits per heavy atom. The van der Waals surface area contributed by atoms with E-state index in [4.69, 9.17) is 21.7 Å². The van der Waals surface area contributed by atoms with Gasteiger partial charge >= 0.3 is 5.97 Å². The van der Waals surface area contributed by atoms with E-state index in [0.29, 0.717) is 23.0 Å². The summed E-state index contributed by atoms with van der Waals surface area (Å²) in [6, 6.07) is 14.1. The molecule has 2 aromatic rings. The number of thioether (sulfide) groups is 1. The zero-order chi connectivity index (χ0) is 21.0. The van der Waals surface area contributed by atoms with Crippen LogP contribution in [-0.4, -0.2) is 39.4 Å². The molecule has 29 heavy (non-hydrogen) atoms. The van der Waals surface area contributed by atoms with Gasteiger partial charge in [0.2, 0.25) is 0 Å². The van der Waals surface area contributed by atoms with Crippen molar-refractivity contribution in [1.82, 2.24) is 4.90 Å². The number of carbonyl (C=O) groups is 2. The first kappa shape index (κ1) is 20.9. The minimum absolute atomic E-state index is 0.228. The van der Waals surface area contributed by atoms with Crippen LogP contribution in [0, 0.1) is 0 Å². The number of benzene rings is 2. The Labute approximate surface area is 178 Å². The van der Waals surface area contributed by atoms with Crippen LogP contribution in [0.5, 0.6) is 11.5 Å². The first-order valence-electron chi connectivity index (χ1n) is 8.75. The second-order valence-corrected chi connectivity index (χ2v) is 7.93. The molecule has 0 aliphatic carbocycles. The van der Waals surface area contributed by atoms with E-state index >= 15 is 0 Å². The van der Waals surface area contributed by atoms with Gasteiger partial charge in [0.05, 0.1) is 12.0 Å². The van der Waals surface area contributed by atoms with Gasteiger partial charge in [0.1, 0.15) is 17.0 Å². The average Bonchev–Trinajstić information content (AvgIpc) is 2.99. The Morgan fingerprint density at radius 3 is 2.62 bits per heavy atom. The molecule has 1 heterocycles. The van der Waals surface area contributed by atoms with Crippen LogP contribution < -0.4 is 9.47 Å². The maximum atomic E-state index is 12.6. The molecule has 1 aliphatic rings. The second-order valence-electron chi connectivity index (χ2n) is 6.25. The van der Waals surface area contributed by atoms with E-state index in [9.17, 15) is 14.7 Å². The molecule has 0 spiro atoms. The standard InChI is InChI=1S/C21H19NO5S2/c1-13(20(24)25)22-19(23)18(29-21(22)28)11-15-8-9-16(17(10-15)26-2)27-12-14-6-4-3-5-7-14/h3-11,13H,12H2,1-2H3,(H,24,25)/b18-11-. The molecule has 0 saturated carbocycles. The molecule has 1 atom stereocenters. The molecular formula is C21H19NO5S2. The van der Waals surface area contributed by atoms with Gasteiger partial charge in [0, 0.05) is 0 Å². The Kier molecular flexibility index (Phi) is 6.56. The summed E-state index contributed by atoms with van der Waals surface area (Å²) in [6.45, 7) is 1.83. The number of hydrogen-bond acceptors (Lipinski definition) is 6. The molecule has 1 amide bonds. The summed E-state index contributed by atoms with van der Waals surface area (Å²) in [5.41, 5.74) is 1.76. The highest BCUT2D eigenvalue weighted by Gasteiger charge is 2.38. The van der Waals surface area contributed by atoms with Crippen LogP contribution in [0.15, 0.2) is 53.4 Å². The molecule has 1 fully saturated rings. The number of carboxylic acids is 1. The SMILES string of the molecule is COc1cc(/C=C2\SC(=S)N(C(C)C(=O)O)C2=O)ccc1OCc1ccccc1. The van der Waals surface area contributed by atoms with Crippen LogP contribution >= 0.6 is 24.0 Å². The lowest BCUT2D eigenvalue weighted by atomic mass is 10.1. The second kappa shape index (κ2) is 9.11. The summed E-state index contributed by atoms with van der Waals surface area (Å²) in [5, 5.41) is 9.17. The van der Waals surface area contributed by atoms with Crippen molar-refractivity contribution in [3.05, 3.63) is 64.6 Å². The fourth-order valence-corrected chi connectivity index (χ4v) is 4.12. The summed E-state index contributed by atoms with van der Waals surface area (Å²) in [5.74, 6) is -0.410. The topological polar surface area (TPSA) is 76.1 Å². The lowest BCUT2D eigenvalue weighted by molar-refractivity contribution is -0.144. The molecule has 0 radical (unpaired) electrons. The zero-order valence-electron chi connectivity index (χ0n) is 15.8. The molecule has 0 bridgehead atoms. The number of thiocarbonyl (C=S) groups is 1. The van der Waals surface area contributed by atoms with Gasteiger partial charge in [0.25, 0.3) is 5.91 Å². The molecule has 3 rings (SSSR count). The molecule has 1 saturated heterocycles. The molecule has 1 aliphatic heterocycles. The molecule has 6 nitrogen and oxygen atoms in total. The smallest absolute Gasteiger partial charge is 0.326 e. The number of carbonyl (C=O) groups excluding carboxylic acids is 1. The summed E-state index contributed by atoms with van der Waals surface area (Å²) < 4.78 is 11.5. The Hall–Kier alpha value is -2.84. The first-order valence-corrected chi connectivity index (χ1v) is 9.98. The average molecular weight is 430 g/mol. The minimum atomic E-state index is -1.11. The fraction of sp³-hybridized carbons (Fsp3) is 0.190. The van der Waals surface area contributed by atoms with Crippen molar-refractivity contribution < 1.29 is 24.2 Å². The third-order valence-corrected chi connectivity index (χ3v) is 5.62. The van der Waals surface area contributed by atoms with Gasteiger partial charge in [-0.25, -0.2) is 4.79 Å². The number of ether oxygens (including phenoxy) is 2. The number of hydrogen-bond donors (Lipinski definition) is 1. The van der Waals surface area contributed by atoms with Gasteiger partial charge in [-0.15, -0.1) is 0 Å². The summed E-state index contributed by atoms with van der Waals surface area (Å²) in [4.78, 5) is 25.3. The molecule has 2 aromatic carbocycles. The maximum Gasteiger partial charge on any atom is 0.326 e. The van der Waals surface area contributed by atoms with E-state index in [0.717, 1.165) is 27.8 Å².